The highest BCUT2D eigenvalue weighted by molar-refractivity contribution is 6.30. The largest absolute Gasteiger partial charge is 0.459 e. The molecule has 3 N–H and O–H groups in total. The van der Waals surface area contributed by atoms with Crippen LogP contribution in [0.3, 0.4) is 0 Å². The van der Waals surface area contributed by atoms with Crippen LogP contribution in [0.25, 0.3) is 0 Å². The molecular formula is C18H21ClN2O2. The van der Waals surface area contributed by atoms with E-state index < -0.39 is 0 Å². The first-order valence-electron chi connectivity index (χ1n) is 7.93. The molecule has 1 amide bonds. The zero-order chi connectivity index (χ0) is 16.3. The molecule has 0 unspecified atom stereocenters. The maximum absolute atomic E-state index is 12.1. The molecular weight excluding hydrogens is 312 g/mol. The molecule has 1 aliphatic rings. The van der Waals surface area contributed by atoms with Gasteiger partial charge in [-0.1, -0.05) is 23.7 Å². The highest BCUT2D eigenvalue weighted by Crippen LogP contribution is 2.39. The van der Waals surface area contributed by atoms with Crippen LogP contribution in [0.1, 0.15) is 41.8 Å². The maximum atomic E-state index is 12.1. The number of hydrogen-bond donors (Lipinski definition) is 2. The van der Waals surface area contributed by atoms with E-state index in [1.165, 1.54) is 11.8 Å². The Balaban J connectivity index is 1.65. The summed E-state index contributed by atoms with van der Waals surface area (Å²) < 4.78 is 5.13. The molecule has 3 rings (SSSR count). The summed E-state index contributed by atoms with van der Waals surface area (Å²) in [5, 5.41) is 3.79. The number of furan rings is 1. The zero-order valence-corrected chi connectivity index (χ0v) is 13.7. The summed E-state index contributed by atoms with van der Waals surface area (Å²) in [6, 6.07) is 11.5. The molecule has 0 saturated heterocycles. The van der Waals surface area contributed by atoms with Gasteiger partial charge >= 0.3 is 0 Å². The van der Waals surface area contributed by atoms with Crippen molar-refractivity contribution in [1.82, 2.24) is 5.32 Å². The minimum Gasteiger partial charge on any atom is -0.459 e. The van der Waals surface area contributed by atoms with Crippen LogP contribution < -0.4 is 11.1 Å². The van der Waals surface area contributed by atoms with Crippen molar-refractivity contribution in [2.45, 2.75) is 37.1 Å². The predicted octanol–water partition coefficient (Wildman–Crippen LogP) is 3.50. The average molecular weight is 333 g/mol. The number of rotatable bonds is 4. The van der Waals surface area contributed by atoms with Crippen molar-refractivity contribution < 1.29 is 9.21 Å². The fourth-order valence-electron chi connectivity index (χ4n) is 3.41. The molecule has 1 fully saturated rings. The fraction of sp³-hybridized carbons (Fsp3) is 0.389. The van der Waals surface area contributed by atoms with Crippen LogP contribution in [0.5, 0.6) is 0 Å². The average Bonchev–Trinajstić information content (AvgIpc) is 3.10. The maximum Gasteiger partial charge on any atom is 0.287 e. The Hall–Kier alpha value is -1.78. The standard InChI is InChI=1S/C18H21ClN2O2/c19-14-4-1-3-13(11-14)18(12-20)8-6-15(7-9-18)21-17(22)16-5-2-10-23-16/h1-5,10-11,15H,6-9,12,20H2,(H,21,22)/t15-,18-. The lowest BCUT2D eigenvalue weighted by Gasteiger charge is -2.40. The Bertz CT molecular complexity index is 661. The van der Waals surface area contributed by atoms with Gasteiger partial charge in [-0.05, 0) is 55.5 Å². The minimum absolute atomic E-state index is 0.0448. The van der Waals surface area contributed by atoms with Crippen LogP contribution in [-0.4, -0.2) is 18.5 Å². The first-order valence-corrected chi connectivity index (χ1v) is 8.31. The van der Waals surface area contributed by atoms with Crippen LogP contribution in [-0.2, 0) is 5.41 Å². The van der Waals surface area contributed by atoms with Gasteiger partial charge in [0.05, 0.1) is 6.26 Å². The van der Waals surface area contributed by atoms with Gasteiger partial charge in [0.1, 0.15) is 0 Å². The molecule has 1 heterocycles. The smallest absolute Gasteiger partial charge is 0.287 e. The quantitative estimate of drug-likeness (QED) is 0.900. The Morgan fingerprint density at radius 2 is 2.09 bits per heavy atom. The van der Waals surface area contributed by atoms with Gasteiger partial charge in [-0.25, -0.2) is 0 Å². The Kier molecular flexibility index (Phi) is 4.74. The highest BCUT2D eigenvalue weighted by atomic mass is 35.5. The summed E-state index contributed by atoms with van der Waals surface area (Å²) in [7, 11) is 0. The van der Waals surface area contributed by atoms with E-state index in [4.69, 9.17) is 21.8 Å². The summed E-state index contributed by atoms with van der Waals surface area (Å²) in [6.07, 6.45) is 5.18. The van der Waals surface area contributed by atoms with Crippen LogP contribution >= 0.6 is 11.6 Å². The fourth-order valence-corrected chi connectivity index (χ4v) is 3.60. The zero-order valence-electron chi connectivity index (χ0n) is 12.9. The van der Waals surface area contributed by atoms with E-state index in [-0.39, 0.29) is 17.4 Å². The van der Waals surface area contributed by atoms with E-state index in [1.807, 2.05) is 18.2 Å². The first-order chi connectivity index (χ1) is 11.1. The van der Waals surface area contributed by atoms with E-state index in [0.717, 1.165) is 30.7 Å². The van der Waals surface area contributed by atoms with E-state index >= 15 is 0 Å². The second-order valence-corrected chi connectivity index (χ2v) is 6.66. The monoisotopic (exact) mass is 332 g/mol. The number of carbonyl (C=O) groups is 1. The van der Waals surface area contributed by atoms with Gasteiger partial charge < -0.3 is 15.5 Å². The lowest BCUT2D eigenvalue weighted by Crippen LogP contribution is -2.45. The third-order valence-electron chi connectivity index (χ3n) is 4.85. The molecule has 4 nitrogen and oxygen atoms in total. The van der Waals surface area contributed by atoms with Crippen molar-refractivity contribution in [2.24, 2.45) is 5.73 Å². The number of nitrogens with two attached hydrogens (primary N) is 1. The molecule has 122 valence electrons. The first kappa shape index (κ1) is 16.1. The lowest BCUT2D eigenvalue weighted by molar-refractivity contribution is 0.0890. The molecule has 23 heavy (non-hydrogen) atoms. The van der Waals surface area contributed by atoms with Crippen molar-refractivity contribution in [3.8, 4) is 0 Å². The normalized spacial score (nSPS) is 24.3. The lowest BCUT2D eigenvalue weighted by atomic mass is 9.68. The number of nitrogens with one attached hydrogen (secondary N) is 1. The van der Waals surface area contributed by atoms with E-state index in [2.05, 4.69) is 11.4 Å². The van der Waals surface area contributed by atoms with E-state index in [1.54, 1.807) is 12.1 Å². The molecule has 0 spiro atoms. The highest BCUT2D eigenvalue weighted by Gasteiger charge is 2.36. The van der Waals surface area contributed by atoms with E-state index in [0.29, 0.717) is 12.3 Å². The van der Waals surface area contributed by atoms with Gasteiger partial charge in [0.15, 0.2) is 5.76 Å². The summed E-state index contributed by atoms with van der Waals surface area (Å²) >= 11 is 6.13. The molecule has 5 heteroatoms. The summed E-state index contributed by atoms with van der Waals surface area (Å²) in [4.78, 5) is 12.1. The number of carbonyl (C=O) groups excluding carboxylic acids is 1. The van der Waals surface area contributed by atoms with E-state index in [9.17, 15) is 4.79 Å². The molecule has 1 aromatic carbocycles. The number of amides is 1. The Morgan fingerprint density at radius 3 is 2.70 bits per heavy atom. The molecule has 1 aliphatic carbocycles. The van der Waals surface area contributed by atoms with Gasteiger partial charge in [-0.3, -0.25) is 4.79 Å². The number of hydrogen-bond acceptors (Lipinski definition) is 3. The summed E-state index contributed by atoms with van der Waals surface area (Å²) in [5.41, 5.74) is 7.25. The SMILES string of the molecule is NC[C@]1(c2cccc(Cl)c2)CC[C@H](NC(=O)c2ccco2)CC1. The van der Waals surface area contributed by atoms with Crippen molar-refractivity contribution in [3.05, 3.63) is 59.0 Å². The van der Waals surface area contributed by atoms with Crippen molar-refractivity contribution in [3.63, 3.8) is 0 Å². The third kappa shape index (κ3) is 3.43. The molecule has 0 radical (unpaired) electrons. The second kappa shape index (κ2) is 6.77. The third-order valence-corrected chi connectivity index (χ3v) is 5.09. The van der Waals surface area contributed by atoms with Gasteiger partial charge in [-0.15, -0.1) is 0 Å². The molecule has 1 saturated carbocycles. The Labute approximate surface area is 141 Å². The molecule has 0 aliphatic heterocycles. The van der Waals surface area contributed by atoms with Gasteiger partial charge in [0, 0.05) is 23.0 Å². The van der Waals surface area contributed by atoms with Crippen LogP contribution in [0.4, 0.5) is 0 Å². The van der Waals surface area contributed by atoms with Crippen LogP contribution in [0, 0.1) is 0 Å². The number of benzene rings is 1. The van der Waals surface area contributed by atoms with Gasteiger partial charge in [0.25, 0.3) is 5.91 Å². The van der Waals surface area contributed by atoms with Crippen molar-refractivity contribution in [1.29, 1.82) is 0 Å². The van der Waals surface area contributed by atoms with Crippen LogP contribution in [0.2, 0.25) is 5.02 Å². The summed E-state index contributed by atoms with van der Waals surface area (Å²) in [6.45, 7) is 0.589. The second-order valence-electron chi connectivity index (χ2n) is 6.22. The minimum atomic E-state index is -0.150. The van der Waals surface area contributed by atoms with Crippen LogP contribution in [0.15, 0.2) is 47.1 Å². The molecule has 1 aromatic heterocycles. The number of halogens is 1. The van der Waals surface area contributed by atoms with Crippen molar-refractivity contribution in [2.75, 3.05) is 6.54 Å². The summed E-state index contributed by atoms with van der Waals surface area (Å²) in [5.74, 6) is 0.207. The van der Waals surface area contributed by atoms with Gasteiger partial charge in [-0.2, -0.15) is 0 Å². The predicted molar refractivity (Wildman–Crippen MR) is 90.6 cm³/mol. The molecule has 0 bridgehead atoms. The molecule has 0 atom stereocenters. The molecule has 2 aromatic rings. The van der Waals surface area contributed by atoms with Crippen molar-refractivity contribution >= 4 is 17.5 Å². The van der Waals surface area contributed by atoms with Gasteiger partial charge in [0.2, 0.25) is 0 Å². The Morgan fingerprint density at radius 1 is 1.30 bits per heavy atom. The topological polar surface area (TPSA) is 68.3 Å².